The van der Waals surface area contributed by atoms with Crippen molar-refractivity contribution in [2.45, 2.75) is 30.5 Å². The number of carbonyl (C=O) groups is 2. The van der Waals surface area contributed by atoms with E-state index < -0.39 is 12.1 Å². The maximum Gasteiger partial charge on any atom is 0.437 e. The summed E-state index contributed by atoms with van der Waals surface area (Å²) in [7, 11) is 3.19. The topological polar surface area (TPSA) is 76.8 Å². The lowest BCUT2D eigenvalue weighted by Gasteiger charge is -2.05. The lowest BCUT2D eigenvalue weighted by atomic mass is 10.3. The average Bonchev–Trinajstić information content (AvgIpc) is 2.86. The van der Waals surface area contributed by atoms with Gasteiger partial charge in [0.05, 0.1) is 6.61 Å². The molecule has 7 nitrogen and oxygen atoms in total. The summed E-state index contributed by atoms with van der Waals surface area (Å²) in [5.41, 5.74) is 0. The van der Waals surface area contributed by atoms with E-state index in [1.165, 1.54) is 28.0 Å². The molecule has 0 N–H and O–H groups in total. The van der Waals surface area contributed by atoms with E-state index in [0.29, 0.717) is 10.9 Å². The van der Waals surface area contributed by atoms with Crippen LogP contribution in [0.5, 0.6) is 0 Å². The van der Waals surface area contributed by atoms with Gasteiger partial charge in [-0.05, 0) is 12.7 Å². The molecule has 0 unspecified atom stereocenters. The van der Waals surface area contributed by atoms with E-state index in [4.69, 9.17) is 4.74 Å². The minimum atomic E-state index is -0.604. The molecule has 1 aromatic rings. The van der Waals surface area contributed by atoms with Gasteiger partial charge in [0.15, 0.2) is 4.34 Å². The average molecular weight is 332 g/mol. The lowest BCUT2D eigenvalue weighted by molar-refractivity contribution is 0.141. The number of hydrogen-bond acceptors (Lipinski definition) is 6. The van der Waals surface area contributed by atoms with Crippen molar-refractivity contribution in [1.29, 1.82) is 0 Å². The van der Waals surface area contributed by atoms with Gasteiger partial charge in [0.1, 0.15) is 0 Å². The number of amides is 2. The van der Waals surface area contributed by atoms with Gasteiger partial charge in [-0.3, -0.25) is 0 Å². The lowest BCUT2D eigenvalue weighted by Crippen LogP contribution is -2.29. The van der Waals surface area contributed by atoms with Crippen LogP contribution in [0.4, 0.5) is 9.59 Å². The third-order valence-corrected chi connectivity index (χ3v) is 4.32. The molecule has 0 saturated carbocycles. The maximum atomic E-state index is 12.0. The van der Waals surface area contributed by atoms with Gasteiger partial charge in [0, 0.05) is 14.1 Å². The Morgan fingerprint density at radius 2 is 2.14 bits per heavy atom. The summed E-state index contributed by atoms with van der Waals surface area (Å²) in [6.45, 7) is 2.42. The first-order valence-corrected chi connectivity index (χ1v) is 8.61. The third kappa shape index (κ3) is 5.50. The molecular weight excluding hydrogens is 312 g/mol. The fourth-order valence-corrected chi connectivity index (χ4v) is 2.62. The Bertz CT molecular complexity index is 551. The van der Waals surface area contributed by atoms with Gasteiger partial charge in [-0.15, -0.1) is 9.78 Å². The van der Waals surface area contributed by atoms with Crippen molar-refractivity contribution in [3.63, 3.8) is 0 Å². The molecule has 0 aromatic carbocycles. The van der Waals surface area contributed by atoms with Gasteiger partial charge >= 0.3 is 12.1 Å². The zero-order valence-electron chi connectivity index (χ0n) is 12.7. The van der Waals surface area contributed by atoms with Crippen molar-refractivity contribution in [3.05, 3.63) is 4.80 Å². The van der Waals surface area contributed by atoms with Crippen molar-refractivity contribution in [2.24, 2.45) is 4.99 Å². The number of urea groups is 1. The fraction of sp³-hybridized carbons (Fsp3) is 0.667. The molecule has 0 radical (unpaired) electrons. The number of carbonyl (C=O) groups excluding carboxylic acids is 2. The van der Waals surface area contributed by atoms with Crippen LogP contribution in [0.25, 0.3) is 0 Å². The summed E-state index contributed by atoms with van der Waals surface area (Å²) in [5, 5.41) is 4.10. The Balaban J connectivity index is 2.92. The predicted octanol–water partition coefficient (Wildman–Crippen LogP) is 2.42. The molecule has 0 spiro atoms. The third-order valence-electron chi connectivity index (χ3n) is 2.44. The molecule has 2 amide bonds. The molecule has 118 valence electrons. The van der Waals surface area contributed by atoms with Crippen LogP contribution in [0.15, 0.2) is 9.33 Å². The van der Waals surface area contributed by atoms with Crippen LogP contribution < -0.4 is 4.80 Å². The number of rotatable bonds is 5. The van der Waals surface area contributed by atoms with Gasteiger partial charge in [0.2, 0.25) is 4.80 Å². The van der Waals surface area contributed by atoms with Crippen LogP contribution in [0.2, 0.25) is 0 Å². The molecule has 0 saturated heterocycles. The zero-order valence-corrected chi connectivity index (χ0v) is 14.3. The molecule has 1 heterocycles. The number of thioether (sulfide) groups is 1. The molecule has 0 aliphatic heterocycles. The predicted molar refractivity (Wildman–Crippen MR) is 82.8 cm³/mol. The Labute approximate surface area is 132 Å². The number of nitrogens with zero attached hydrogens (tertiary/aromatic N) is 4. The van der Waals surface area contributed by atoms with E-state index in [1.54, 1.807) is 14.1 Å². The van der Waals surface area contributed by atoms with Crippen molar-refractivity contribution in [2.75, 3.05) is 27.0 Å². The monoisotopic (exact) mass is 332 g/mol. The first-order chi connectivity index (χ1) is 9.99. The summed E-state index contributed by atoms with van der Waals surface area (Å²) in [6, 6.07) is -0.446. The van der Waals surface area contributed by atoms with Gasteiger partial charge in [-0.1, -0.05) is 42.9 Å². The standard InChI is InChI=1S/C12H20N4O3S2/c1-5-6-7-8-19-12(18)16-10(13-9(17)15(2)3)21-11(14-16)20-4/h5-8H2,1-4H3. The van der Waals surface area contributed by atoms with Crippen LogP contribution in [-0.4, -0.2) is 53.8 Å². The second kappa shape index (κ2) is 8.83. The minimum Gasteiger partial charge on any atom is -0.448 e. The number of ether oxygens (including phenoxy) is 1. The van der Waals surface area contributed by atoms with E-state index >= 15 is 0 Å². The van der Waals surface area contributed by atoms with E-state index in [-0.39, 0.29) is 4.80 Å². The summed E-state index contributed by atoms with van der Waals surface area (Å²) in [6.07, 6.45) is 4.10. The largest absolute Gasteiger partial charge is 0.448 e. The van der Waals surface area contributed by atoms with Crippen LogP contribution in [0, 0.1) is 0 Å². The highest BCUT2D eigenvalue weighted by Crippen LogP contribution is 2.13. The minimum absolute atomic E-state index is 0.221. The summed E-state index contributed by atoms with van der Waals surface area (Å²) < 4.78 is 6.83. The molecule has 1 rings (SSSR count). The van der Waals surface area contributed by atoms with Gasteiger partial charge in [-0.25, -0.2) is 9.59 Å². The molecule has 1 aromatic heterocycles. The van der Waals surface area contributed by atoms with Crippen LogP contribution in [-0.2, 0) is 4.74 Å². The second-order valence-corrected chi connectivity index (χ2v) is 6.39. The molecule has 9 heteroatoms. The highest BCUT2D eigenvalue weighted by atomic mass is 32.2. The van der Waals surface area contributed by atoms with Gasteiger partial charge in [0.25, 0.3) is 0 Å². The smallest absolute Gasteiger partial charge is 0.437 e. The maximum absolute atomic E-state index is 12.0. The summed E-state index contributed by atoms with van der Waals surface area (Å²) in [4.78, 5) is 29.1. The van der Waals surface area contributed by atoms with Gasteiger partial charge < -0.3 is 9.64 Å². The number of hydrogen-bond donors (Lipinski definition) is 0. The van der Waals surface area contributed by atoms with Crippen molar-refractivity contribution >= 4 is 35.2 Å². The first-order valence-electron chi connectivity index (χ1n) is 6.56. The van der Waals surface area contributed by atoms with Crippen LogP contribution in [0.1, 0.15) is 26.2 Å². The summed E-state index contributed by atoms with van der Waals surface area (Å²) >= 11 is 2.56. The van der Waals surface area contributed by atoms with Crippen LogP contribution in [0.3, 0.4) is 0 Å². The van der Waals surface area contributed by atoms with Crippen molar-refractivity contribution in [1.82, 2.24) is 14.7 Å². The van der Waals surface area contributed by atoms with Crippen molar-refractivity contribution < 1.29 is 14.3 Å². The fourth-order valence-electron chi connectivity index (χ4n) is 1.29. The summed E-state index contributed by atoms with van der Waals surface area (Å²) in [5.74, 6) is 0. The molecule has 0 atom stereocenters. The Morgan fingerprint density at radius 1 is 1.43 bits per heavy atom. The molecule has 0 fully saturated rings. The number of unbranched alkanes of at least 4 members (excludes halogenated alkanes) is 2. The molecule has 0 bridgehead atoms. The quantitative estimate of drug-likeness (QED) is 0.611. The first kappa shape index (κ1) is 17.7. The normalized spacial score (nSPS) is 11.5. The zero-order chi connectivity index (χ0) is 15.8. The van der Waals surface area contributed by atoms with E-state index in [9.17, 15) is 9.59 Å². The van der Waals surface area contributed by atoms with E-state index in [1.807, 2.05) is 6.26 Å². The Kier molecular flexibility index (Phi) is 7.44. The molecule has 0 aliphatic carbocycles. The van der Waals surface area contributed by atoms with Crippen LogP contribution >= 0.6 is 23.1 Å². The second-order valence-electron chi connectivity index (χ2n) is 4.38. The number of aromatic nitrogens is 2. The SMILES string of the molecule is CCCCCOC(=O)n1nc(SC)sc1=NC(=O)N(C)C. The van der Waals surface area contributed by atoms with E-state index in [2.05, 4.69) is 17.0 Å². The van der Waals surface area contributed by atoms with E-state index in [0.717, 1.165) is 23.9 Å². The van der Waals surface area contributed by atoms with Crippen molar-refractivity contribution in [3.8, 4) is 0 Å². The molecular formula is C12H20N4O3S2. The Hall–Kier alpha value is -1.35. The highest BCUT2D eigenvalue weighted by molar-refractivity contribution is 8.00. The highest BCUT2D eigenvalue weighted by Gasteiger charge is 2.14. The molecule has 0 aliphatic rings. The Morgan fingerprint density at radius 3 is 2.71 bits per heavy atom. The van der Waals surface area contributed by atoms with Gasteiger partial charge in [-0.2, -0.15) is 4.99 Å². The molecule has 21 heavy (non-hydrogen) atoms.